The average Bonchev–Trinajstić information content (AvgIpc) is 2.59. The zero-order chi connectivity index (χ0) is 12.6. The van der Waals surface area contributed by atoms with Gasteiger partial charge >= 0.3 is 0 Å². The number of carbonyl (C=O) groups is 2. The summed E-state index contributed by atoms with van der Waals surface area (Å²) in [4.78, 5) is 33.8. The molecule has 1 aromatic rings. The lowest BCUT2D eigenvalue weighted by atomic mass is 10.2. The van der Waals surface area contributed by atoms with Gasteiger partial charge in [-0.3, -0.25) is 19.7 Å². The van der Waals surface area contributed by atoms with Gasteiger partial charge in [-0.15, -0.1) is 0 Å². The predicted octanol–water partition coefficient (Wildman–Crippen LogP) is 1.79. The molecule has 0 atom stereocenters. The smallest absolute Gasteiger partial charge is 0.269 e. The van der Waals surface area contributed by atoms with Crippen LogP contribution in [-0.2, 0) is 9.59 Å². The standard InChI is InChI=1S/C10H5BrN2O4/c11-7-5-6(13(16)17)1-2-8(7)12-9(14)3-4-10(12)15/h1-5H. The number of nitro groups is 1. The summed E-state index contributed by atoms with van der Waals surface area (Å²) >= 11 is 3.10. The average molecular weight is 297 g/mol. The number of imide groups is 1. The van der Waals surface area contributed by atoms with E-state index in [4.69, 9.17) is 0 Å². The molecule has 6 nitrogen and oxygen atoms in total. The lowest BCUT2D eigenvalue weighted by molar-refractivity contribution is -0.384. The molecule has 0 fully saturated rings. The molecule has 17 heavy (non-hydrogen) atoms. The zero-order valence-corrected chi connectivity index (χ0v) is 9.88. The minimum absolute atomic E-state index is 0.118. The number of anilines is 1. The van der Waals surface area contributed by atoms with Gasteiger partial charge in [-0.2, -0.15) is 0 Å². The molecule has 2 rings (SSSR count). The van der Waals surface area contributed by atoms with Crippen molar-refractivity contribution in [3.8, 4) is 0 Å². The molecule has 1 heterocycles. The first-order chi connectivity index (χ1) is 8.00. The van der Waals surface area contributed by atoms with E-state index in [2.05, 4.69) is 15.9 Å². The summed E-state index contributed by atoms with van der Waals surface area (Å²) in [6, 6.07) is 3.83. The number of nitrogens with zero attached hydrogens (tertiary/aromatic N) is 2. The molecule has 0 saturated carbocycles. The van der Waals surface area contributed by atoms with Crippen LogP contribution in [0.1, 0.15) is 0 Å². The van der Waals surface area contributed by atoms with E-state index in [0.717, 1.165) is 17.1 Å². The van der Waals surface area contributed by atoms with Crippen molar-refractivity contribution < 1.29 is 14.5 Å². The summed E-state index contributed by atoms with van der Waals surface area (Å²) in [6.45, 7) is 0. The SMILES string of the molecule is O=C1C=CC(=O)N1c1ccc([N+](=O)[O-])cc1Br. The molecule has 0 radical (unpaired) electrons. The van der Waals surface area contributed by atoms with Crippen molar-refractivity contribution in [3.63, 3.8) is 0 Å². The van der Waals surface area contributed by atoms with Crippen molar-refractivity contribution in [3.05, 3.63) is 44.9 Å². The predicted molar refractivity (Wildman–Crippen MR) is 62.4 cm³/mol. The number of hydrogen-bond donors (Lipinski definition) is 0. The van der Waals surface area contributed by atoms with Gasteiger partial charge in [0.1, 0.15) is 0 Å². The monoisotopic (exact) mass is 296 g/mol. The summed E-state index contributed by atoms with van der Waals surface area (Å²) < 4.78 is 0.317. The van der Waals surface area contributed by atoms with Crippen LogP contribution < -0.4 is 4.90 Å². The lowest BCUT2D eigenvalue weighted by Gasteiger charge is -2.15. The minimum atomic E-state index is -0.555. The van der Waals surface area contributed by atoms with E-state index >= 15 is 0 Å². The fraction of sp³-hybridized carbons (Fsp3) is 0. The van der Waals surface area contributed by atoms with Crippen molar-refractivity contribution in [2.45, 2.75) is 0 Å². The molecule has 0 bridgehead atoms. The Bertz CT molecular complexity index is 549. The van der Waals surface area contributed by atoms with Crippen LogP contribution in [0.15, 0.2) is 34.8 Å². The van der Waals surface area contributed by atoms with Gasteiger partial charge in [0, 0.05) is 28.8 Å². The van der Waals surface area contributed by atoms with Crippen LogP contribution in [0.5, 0.6) is 0 Å². The first kappa shape index (κ1) is 11.5. The first-order valence-electron chi connectivity index (χ1n) is 4.51. The normalized spacial score (nSPS) is 14.5. The molecule has 1 aromatic carbocycles. The summed E-state index contributed by atoms with van der Waals surface area (Å²) in [7, 11) is 0. The number of rotatable bonds is 2. The Morgan fingerprint density at radius 1 is 1.18 bits per heavy atom. The summed E-state index contributed by atoms with van der Waals surface area (Å²) in [5.74, 6) is -0.936. The Morgan fingerprint density at radius 3 is 2.24 bits per heavy atom. The molecule has 0 aromatic heterocycles. The molecule has 0 spiro atoms. The topological polar surface area (TPSA) is 80.5 Å². The Morgan fingerprint density at radius 2 is 1.76 bits per heavy atom. The first-order valence-corrected chi connectivity index (χ1v) is 5.30. The van der Waals surface area contributed by atoms with Crippen LogP contribution in [0, 0.1) is 10.1 Å². The van der Waals surface area contributed by atoms with Crippen LogP contribution in [0.4, 0.5) is 11.4 Å². The number of non-ortho nitro benzene ring substituents is 1. The zero-order valence-electron chi connectivity index (χ0n) is 8.29. The molecule has 86 valence electrons. The Balaban J connectivity index is 2.44. The van der Waals surface area contributed by atoms with Gasteiger partial charge in [0.2, 0.25) is 0 Å². The van der Waals surface area contributed by atoms with E-state index in [0.29, 0.717) is 4.47 Å². The Labute approximate surface area is 104 Å². The molecule has 7 heteroatoms. The fourth-order valence-electron chi connectivity index (χ4n) is 1.43. The van der Waals surface area contributed by atoms with E-state index < -0.39 is 16.7 Å². The Kier molecular flexibility index (Phi) is 2.76. The number of hydrogen-bond acceptors (Lipinski definition) is 4. The van der Waals surface area contributed by atoms with Gasteiger partial charge in [0.05, 0.1) is 10.6 Å². The Hall–Kier alpha value is -2.02. The van der Waals surface area contributed by atoms with Crippen molar-refractivity contribution in [2.24, 2.45) is 0 Å². The molecular weight excluding hydrogens is 292 g/mol. The third-order valence-electron chi connectivity index (χ3n) is 2.19. The van der Waals surface area contributed by atoms with E-state index in [1.807, 2.05) is 0 Å². The van der Waals surface area contributed by atoms with Crippen molar-refractivity contribution in [1.82, 2.24) is 0 Å². The number of halogens is 1. The minimum Gasteiger partial charge on any atom is -0.269 e. The van der Waals surface area contributed by atoms with Crippen LogP contribution >= 0.6 is 15.9 Å². The van der Waals surface area contributed by atoms with Crippen molar-refractivity contribution in [2.75, 3.05) is 4.90 Å². The van der Waals surface area contributed by atoms with Gasteiger partial charge in [-0.1, -0.05) is 0 Å². The maximum atomic E-state index is 11.4. The van der Waals surface area contributed by atoms with Crippen LogP contribution in [-0.4, -0.2) is 16.7 Å². The van der Waals surface area contributed by atoms with E-state index in [9.17, 15) is 19.7 Å². The maximum absolute atomic E-state index is 11.4. The third kappa shape index (κ3) is 1.96. The fourth-order valence-corrected chi connectivity index (χ4v) is 1.97. The van der Waals surface area contributed by atoms with Crippen LogP contribution in [0.25, 0.3) is 0 Å². The maximum Gasteiger partial charge on any atom is 0.270 e. The van der Waals surface area contributed by atoms with Gasteiger partial charge in [-0.05, 0) is 22.0 Å². The lowest BCUT2D eigenvalue weighted by Crippen LogP contribution is -2.29. The van der Waals surface area contributed by atoms with E-state index in [1.54, 1.807) is 0 Å². The molecule has 0 saturated heterocycles. The number of carbonyl (C=O) groups excluding carboxylic acids is 2. The highest BCUT2D eigenvalue weighted by molar-refractivity contribution is 9.10. The van der Waals surface area contributed by atoms with Crippen LogP contribution in [0.3, 0.4) is 0 Å². The van der Waals surface area contributed by atoms with Crippen molar-refractivity contribution in [1.29, 1.82) is 0 Å². The summed E-state index contributed by atoms with van der Waals surface area (Å²) in [5.41, 5.74) is 0.170. The highest BCUT2D eigenvalue weighted by Crippen LogP contribution is 2.31. The highest BCUT2D eigenvalue weighted by Gasteiger charge is 2.27. The van der Waals surface area contributed by atoms with E-state index in [-0.39, 0.29) is 11.4 Å². The molecule has 1 aliphatic heterocycles. The summed E-state index contributed by atoms with van der Waals surface area (Å²) in [6.07, 6.45) is 2.30. The molecule has 0 aliphatic carbocycles. The third-order valence-corrected chi connectivity index (χ3v) is 2.83. The van der Waals surface area contributed by atoms with Gasteiger partial charge in [-0.25, -0.2) is 4.90 Å². The second-order valence-corrected chi connectivity index (χ2v) is 4.09. The van der Waals surface area contributed by atoms with Gasteiger partial charge in [0.15, 0.2) is 0 Å². The number of amides is 2. The van der Waals surface area contributed by atoms with E-state index in [1.165, 1.54) is 18.2 Å². The largest absolute Gasteiger partial charge is 0.270 e. The number of nitro benzene ring substituents is 1. The van der Waals surface area contributed by atoms with Gasteiger partial charge < -0.3 is 0 Å². The molecule has 0 unspecified atom stereocenters. The second kappa shape index (κ2) is 4.10. The highest BCUT2D eigenvalue weighted by atomic mass is 79.9. The van der Waals surface area contributed by atoms with Crippen molar-refractivity contribution >= 4 is 39.1 Å². The van der Waals surface area contributed by atoms with Gasteiger partial charge in [0.25, 0.3) is 17.5 Å². The van der Waals surface area contributed by atoms with Crippen LogP contribution in [0.2, 0.25) is 0 Å². The molecule has 0 N–H and O–H groups in total. The molecule has 2 amide bonds. The molecular formula is C10H5BrN2O4. The second-order valence-electron chi connectivity index (χ2n) is 3.24. The quantitative estimate of drug-likeness (QED) is 0.473. The molecule has 1 aliphatic rings. The summed E-state index contributed by atoms with van der Waals surface area (Å²) in [5, 5.41) is 10.5. The number of benzene rings is 1.